The van der Waals surface area contributed by atoms with Gasteiger partial charge in [0, 0.05) is 34.2 Å². The lowest BCUT2D eigenvalue weighted by molar-refractivity contribution is 0.559. The van der Waals surface area contributed by atoms with Gasteiger partial charge in [-0.2, -0.15) is 0 Å². The van der Waals surface area contributed by atoms with Crippen LogP contribution in [0.2, 0.25) is 0 Å². The first kappa shape index (κ1) is 14.1. The van der Waals surface area contributed by atoms with E-state index in [1.807, 2.05) is 0 Å². The minimum absolute atomic E-state index is 0.903. The van der Waals surface area contributed by atoms with Gasteiger partial charge in [-0.05, 0) is 52.1 Å². The Morgan fingerprint density at radius 1 is 0.778 bits per heavy atom. The van der Waals surface area contributed by atoms with E-state index in [1.54, 1.807) is 22.7 Å². The molecule has 0 atom stereocenters. The molecule has 0 aliphatic rings. The van der Waals surface area contributed by atoms with Crippen molar-refractivity contribution in [1.82, 2.24) is 9.13 Å². The first-order chi connectivity index (χ1) is 8.41. The van der Waals surface area contributed by atoms with Crippen LogP contribution in [0.4, 0.5) is 0 Å². The van der Waals surface area contributed by atoms with Crippen molar-refractivity contribution in [3.05, 3.63) is 29.1 Å². The SMILES string of the molecule is Cc1sc(=S)n(CCn2c(C)c(C)sc2=S)c1C. The van der Waals surface area contributed by atoms with Crippen molar-refractivity contribution in [2.75, 3.05) is 0 Å². The summed E-state index contributed by atoms with van der Waals surface area (Å²) in [6.45, 7) is 10.3. The molecule has 0 aliphatic heterocycles. The zero-order valence-corrected chi connectivity index (χ0v) is 14.2. The van der Waals surface area contributed by atoms with Crippen molar-refractivity contribution in [1.29, 1.82) is 0 Å². The zero-order valence-electron chi connectivity index (χ0n) is 10.9. The summed E-state index contributed by atoms with van der Waals surface area (Å²) in [7, 11) is 0. The van der Waals surface area contributed by atoms with Crippen molar-refractivity contribution in [2.45, 2.75) is 40.8 Å². The highest BCUT2D eigenvalue weighted by Crippen LogP contribution is 2.20. The second-order valence-electron chi connectivity index (χ2n) is 4.32. The molecule has 0 aliphatic carbocycles. The number of rotatable bonds is 3. The van der Waals surface area contributed by atoms with Crippen LogP contribution in [-0.4, -0.2) is 9.13 Å². The fourth-order valence-corrected chi connectivity index (χ4v) is 4.81. The lowest BCUT2D eigenvalue weighted by Crippen LogP contribution is -2.10. The maximum absolute atomic E-state index is 5.40. The largest absolute Gasteiger partial charge is 0.325 e. The van der Waals surface area contributed by atoms with Crippen LogP contribution in [0.3, 0.4) is 0 Å². The van der Waals surface area contributed by atoms with Gasteiger partial charge in [-0.25, -0.2) is 0 Å². The Morgan fingerprint density at radius 2 is 1.11 bits per heavy atom. The van der Waals surface area contributed by atoms with E-state index in [1.165, 1.54) is 21.1 Å². The molecule has 2 aromatic heterocycles. The Labute approximate surface area is 126 Å². The minimum Gasteiger partial charge on any atom is -0.325 e. The Kier molecular flexibility index (Phi) is 4.21. The summed E-state index contributed by atoms with van der Waals surface area (Å²) < 4.78 is 6.34. The Morgan fingerprint density at radius 3 is 1.33 bits per heavy atom. The third-order valence-electron chi connectivity index (χ3n) is 3.30. The number of hydrogen-bond donors (Lipinski definition) is 0. The predicted octanol–water partition coefficient (Wildman–Crippen LogP) is 4.81. The molecule has 0 unspecified atom stereocenters. The highest BCUT2D eigenvalue weighted by atomic mass is 32.2. The molecule has 2 heterocycles. The molecule has 0 spiro atoms. The average Bonchev–Trinajstić information content (AvgIpc) is 2.67. The number of aryl methyl sites for hydroxylation is 2. The van der Waals surface area contributed by atoms with Gasteiger partial charge in [-0.1, -0.05) is 0 Å². The highest BCUT2D eigenvalue weighted by molar-refractivity contribution is 7.73. The summed E-state index contributed by atoms with van der Waals surface area (Å²) in [5.41, 5.74) is 2.56. The molecule has 0 N–H and O–H groups in total. The van der Waals surface area contributed by atoms with Gasteiger partial charge >= 0.3 is 0 Å². The van der Waals surface area contributed by atoms with Gasteiger partial charge in [0.2, 0.25) is 0 Å². The molecule has 0 radical (unpaired) electrons. The fraction of sp³-hybridized carbons (Fsp3) is 0.500. The van der Waals surface area contributed by atoms with E-state index in [9.17, 15) is 0 Å². The lowest BCUT2D eigenvalue weighted by atomic mass is 10.4. The van der Waals surface area contributed by atoms with Gasteiger partial charge in [0.1, 0.15) is 0 Å². The Bertz CT molecular complexity index is 624. The van der Waals surface area contributed by atoms with Crippen LogP contribution in [0.1, 0.15) is 21.1 Å². The van der Waals surface area contributed by atoms with Crippen LogP contribution < -0.4 is 0 Å². The Balaban J connectivity index is 2.27. The molecule has 0 aromatic carbocycles. The third-order valence-corrected chi connectivity index (χ3v) is 6.23. The molecule has 18 heavy (non-hydrogen) atoms. The molecule has 0 bridgehead atoms. The van der Waals surface area contributed by atoms with Crippen LogP contribution in [0, 0.1) is 35.6 Å². The van der Waals surface area contributed by atoms with Crippen molar-refractivity contribution in [3.8, 4) is 0 Å². The smallest absolute Gasteiger partial charge is 0.161 e. The molecule has 0 saturated heterocycles. The van der Waals surface area contributed by atoms with Gasteiger partial charge in [-0.15, -0.1) is 22.7 Å². The molecule has 0 fully saturated rings. The summed E-state index contributed by atoms with van der Waals surface area (Å²) in [4.78, 5) is 2.61. The van der Waals surface area contributed by atoms with E-state index in [0.717, 1.165) is 21.0 Å². The van der Waals surface area contributed by atoms with E-state index < -0.39 is 0 Å². The van der Waals surface area contributed by atoms with E-state index in [2.05, 4.69) is 36.8 Å². The molecular formula is C12H16N2S4. The van der Waals surface area contributed by atoms with Crippen molar-refractivity contribution < 1.29 is 0 Å². The summed E-state index contributed by atoms with van der Waals surface area (Å²) >= 11 is 14.2. The molecular weight excluding hydrogens is 300 g/mol. The standard InChI is InChI=1S/C12H16N2S4/c1-7-9(3)17-11(15)13(7)5-6-14-8(2)10(4)18-12(14)16/h5-6H2,1-4H3. The van der Waals surface area contributed by atoms with E-state index in [-0.39, 0.29) is 0 Å². The second-order valence-corrected chi connectivity index (χ2v) is 8.02. The van der Waals surface area contributed by atoms with Gasteiger partial charge in [-0.3, -0.25) is 0 Å². The van der Waals surface area contributed by atoms with Crippen LogP contribution in [0.5, 0.6) is 0 Å². The third kappa shape index (κ3) is 2.52. The molecule has 2 aromatic rings. The zero-order chi connectivity index (χ0) is 13.4. The first-order valence-electron chi connectivity index (χ1n) is 5.75. The molecule has 98 valence electrons. The van der Waals surface area contributed by atoms with Crippen molar-refractivity contribution in [3.63, 3.8) is 0 Å². The van der Waals surface area contributed by atoms with Gasteiger partial charge in [0.25, 0.3) is 0 Å². The number of nitrogens with zero attached hydrogens (tertiary/aromatic N) is 2. The molecule has 6 heteroatoms. The number of thiazole rings is 2. The van der Waals surface area contributed by atoms with E-state index in [0.29, 0.717) is 0 Å². The van der Waals surface area contributed by atoms with E-state index in [4.69, 9.17) is 24.4 Å². The normalized spacial score (nSPS) is 11.1. The summed E-state index contributed by atoms with van der Waals surface area (Å²) in [5, 5.41) is 0. The van der Waals surface area contributed by atoms with Crippen molar-refractivity contribution >= 4 is 47.1 Å². The molecule has 2 rings (SSSR count). The molecule has 2 nitrogen and oxygen atoms in total. The average molecular weight is 317 g/mol. The summed E-state index contributed by atoms with van der Waals surface area (Å²) in [5.74, 6) is 0. The van der Waals surface area contributed by atoms with Gasteiger partial charge < -0.3 is 9.13 Å². The summed E-state index contributed by atoms with van der Waals surface area (Å²) in [6, 6.07) is 0. The van der Waals surface area contributed by atoms with Crippen LogP contribution in [-0.2, 0) is 13.1 Å². The van der Waals surface area contributed by atoms with Crippen LogP contribution >= 0.6 is 47.1 Å². The maximum atomic E-state index is 5.40. The van der Waals surface area contributed by atoms with Gasteiger partial charge in [0.15, 0.2) is 7.91 Å². The molecule has 0 saturated carbocycles. The van der Waals surface area contributed by atoms with Crippen LogP contribution in [0.15, 0.2) is 0 Å². The molecule has 0 amide bonds. The second kappa shape index (κ2) is 5.36. The fourth-order valence-electron chi connectivity index (χ4n) is 1.89. The number of aromatic nitrogens is 2. The highest BCUT2D eigenvalue weighted by Gasteiger charge is 2.08. The van der Waals surface area contributed by atoms with Crippen LogP contribution in [0.25, 0.3) is 0 Å². The lowest BCUT2D eigenvalue weighted by Gasteiger charge is -2.09. The van der Waals surface area contributed by atoms with Crippen molar-refractivity contribution in [2.24, 2.45) is 0 Å². The van der Waals surface area contributed by atoms with Gasteiger partial charge in [0.05, 0.1) is 0 Å². The van der Waals surface area contributed by atoms with E-state index >= 15 is 0 Å². The predicted molar refractivity (Wildman–Crippen MR) is 85.2 cm³/mol. The monoisotopic (exact) mass is 316 g/mol. The summed E-state index contributed by atoms with van der Waals surface area (Å²) in [6.07, 6.45) is 0. The Hall–Kier alpha value is -0.300. The number of hydrogen-bond acceptors (Lipinski definition) is 4. The first-order valence-corrected chi connectivity index (χ1v) is 8.20. The topological polar surface area (TPSA) is 9.86 Å². The maximum Gasteiger partial charge on any atom is 0.161 e. The minimum atomic E-state index is 0.903. The quantitative estimate of drug-likeness (QED) is 0.752.